The lowest BCUT2D eigenvalue weighted by molar-refractivity contribution is -0.384. The molecule has 0 aliphatic carbocycles. The number of rotatable bonds is 7. The van der Waals surface area contributed by atoms with Crippen LogP contribution in [0.15, 0.2) is 57.8 Å². The molecule has 3 rings (SSSR count). The van der Waals surface area contributed by atoms with Crippen LogP contribution in [0.1, 0.15) is 24.5 Å². The summed E-state index contributed by atoms with van der Waals surface area (Å²) in [7, 11) is 0. The lowest BCUT2D eigenvalue weighted by atomic mass is 10.2. The summed E-state index contributed by atoms with van der Waals surface area (Å²) in [6.07, 6.45) is -0.704. The molecule has 0 fully saturated rings. The zero-order valence-electron chi connectivity index (χ0n) is 15.2. The van der Waals surface area contributed by atoms with Crippen molar-refractivity contribution in [2.45, 2.75) is 24.8 Å². The van der Waals surface area contributed by atoms with E-state index < -0.39 is 17.0 Å². The molecule has 0 N–H and O–H groups in total. The number of aromatic nitrogens is 2. The van der Waals surface area contributed by atoms with Crippen molar-refractivity contribution in [3.8, 4) is 11.5 Å². The van der Waals surface area contributed by atoms with Gasteiger partial charge in [0.15, 0.2) is 6.10 Å². The van der Waals surface area contributed by atoms with E-state index in [-0.39, 0.29) is 23.2 Å². The predicted molar refractivity (Wildman–Crippen MR) is 103 cm³/mol. The fraction of sp³-hybridized carbons (Fsp3) is 0.211. The van der Waals surface area contributed by atoms with Crippen molar-refractivity contribution in [3.63, 3.8) is 0 Å². The number of hydrogen-bond acceptors (Lipinski definition) is 8. The Morgan fingerprint density at radius 3 is 2.61 bits per heavy atom. The topological polar surface area (TPSA) is 108 Å². The molecule has 1 heterocycles. The van der Waals surface area contributed by atoms with Gasteiger partial charge in [0.25, 0.3) is 11.6 Å². The number of esters is 1. The van der Waals surface area contributed by atoms with Crippen LogP contribution in [0.25, 0.3) is 11.5 Å². The first kappa shape index (κ1) is 19.6. The number of nitro benzene ring substituents is 1. The molecule has 144 valence electrons. The highest BCUT2D eigenvalue weighted by Gasteiger charge is 2.19. The highest BCUT2D eigenvalue weighted by molar-refractivity contribution is 8.00. The van der Waals surface area contributed by atoms with E-state index >= 15 is 0 Å². The molecule has 0 unspecified atom stereocenters. The minimum Gasteiger partial charge on any atom is -0.452 e. The van der Waals surface area contributed by atoms with Crippen LogP contribution < -0.4 is 0 Å². The van der Waals surface area contributed by atoms with Crippen molar-refractivity contribution in [2.24, 2.45) is 0 Å². The van der Waals surface area contributed by atoms with E-state index in [1.54, 1.807) is 6.92 Å². The fourth-order valence-corrected chi connectivity index (χ4v) is 3.19. The molecule has 28 heavy (non-hydrogen) atoms. The Labute approximate surface area is 165 Å². The zero-order chi connectivity index (χ0) is 20.1. The molecule has 0 spiro atoms. The van der Waals surface area contributed by atoms with Crippen LogP contribution in [0.2, 0.25) is 0 Å². The second-order valence-electron chi connectivity index (χ2n) is 5.94. The molecule has 9 heteroatoms. The average Bonchev–Trinajstić information content (AvgIpc) is 3.18. The number of hydrogen-bond donors (Lipinski definition) is 0. The number of nitro groups is 1. The molecule has 0 bridgehead atoms. The number of nitrogens with zero attached hydrogens (tertiary/aromatic N) is 3. The average molecular weight is 399 g/mol. The Kier molecular flexibility index (Phi) is 6.05. The molecule has 1 atom stereocenters. The van der Waals surface area contributed by atoms with E-state index in [1.165, 1.54) is 36.0 Å². The van der Waals surface area contributed by atoms with Crippen LogP contribution in [0.4, 0.5) is 5.69 Å². The molecule has 0 saturated carbocycles. The number of thioether (sulfide) groups is 1. The van der Waals surface area contributed by atoms with E-state index in [9.17, 15) is 14.9 Å². The Morgan fingerprint density at radius 1 is 1.21 bits per heavy atom. The number of benzene rings is 2. The van der Waals surface area contributed by atoms with Crippen LogP contribution in [0, 0.1) is 17.0 Å². The monoisotopic (exact) mass is 399 g/mol. The molecule has 2 aromatic carbocycles. The van der Waals surface area contributed by atoms with Gasteiger partial charge in [-0.2, -0.15) is 0 Å². The number of carbonyl (C=O) groups excluding carboxylic acids is 1. The van der Waals surface area contributed by atoms with Crippen molar-refractivity contribution in [2.75, 3.05) is 5.75 Å². The van der Waals surface area contributed by atoms with E-state index in [0.717, 1.165) is 10.5 Å². The van der Waals surface area contributed by atoms with Gasteiger partial charge in [0.1, 0.15) is 0 Å². The first-order chi connectivity index (χ1) is 13.4. The van der Waals surface area contributed by atoms with Crippen molar-refractivity contribution in [1.29, 1.82) is 0 Å². The summed E-state index contributed by atoms with van der Waals surface area (Å²) in [5.41, 5.74) is 1.60. The van der Waals surface area contributed by atoms with Crippen molar-refractivity contribution < 1.29 is 18.9 Å². The summed E-state index contributed by atoms with van der Waals surface area (Å²) in [5.74, 6) is 0.124. The molecule has 0 aliphatic heterocycles. The van der Waals surface area contributed by atoms with Gasteiger partial charge in [-0.05, 0) is 37.6 Å². The van der Waals surface area contributed by atoms with Gasteiger partial charge in [0.2, 0.25) is 5.89 Å². The van der Waals surface area contributed by atoms with Crippen LogP contribution in [0.3, 0.4) is 0 Å². The van der Waals surface area contributed by atoms with Crippen molar-refractivity contribution in [1.82, 2.24) is 10.2 Å². The summed E-state index contributed by atoms with van der Waals surface area (Å²) in [6, 6.07) is 13.5. The molecule has 1 aromatic heterocycles. The highest BCUT2D eigenvalue weighted by atomic mass is 32.2. The maximum atomic E-state index is 12.1. The fourth-order valence-electron chi connectivity index (χ4n) is 2.38. The maximum Gasteiger partial charge on any atom is 0.317 e. The van der Waals surface area contributed by atoms with Gasteiger partial charge in [-0.25, -0.2) is 0 Å². The minimum atomic E-state index is -0.704. The normalized spacial score (nSPS) is 11.8. The molecule has 0 radical (unpaired) electrons. The summed E-state index contributed by atoms with van der Waals surface area (Å²) < 4.78 is 10.9. The Bertz CT molecular complexity index is 987. The molecule has 0 amide bonds. The molecule has 0 saturated heterocycles. The second-order valence-corrected chi connectivity index (χ2v) is 6.95. The molecular formula is C19H17N3O5S. The van der Waals surface area contributed by atoms with Gasteiger partial charge in [0.05, 0.1) is 10.7 Å². The molecule has 3 aromatic rings. The maximum absolute atomic E-state index is 12.1. The third-order valence-electron chi connectivity index (χ3n) is 3.86. The number of aryl methyl sites for hydroxylation is 1. The molecular weight excluding hydrogens is 382 g/mol. The first-order valence-corrected chi connectivity index (χ1v) is 9.38. The Hall–Kier alpha value is -3.20. The number of ether oxygens (including phenoxy) is 1. The van der Waals surface area contributed by atoms with Gasteiger partial charge >= 0.3 is 5.97 Å². The summed E-state index contributed by atoms with van der Waals surface area (Å²) in [4.78, 5) is 23.3. The second kappa shape index (κ2) is 8.66. The van der Waals surface area contributed by atoms with E-state index in [2.05, 4.69) is 10.2 Å². The largest absolute Gasteiger partial charge is 0.452 e. The number of carbonyl (C=O) groups is 1. The van der Waals surface area contributed by atoms with Crippen LogP contribution in [-0.4, -0.2) is 26.8 Å². The SMILES string of the molecule is Cc1ccccc1SCC(=O)O[C@@H](C)c1nnc(-c2ccc([N+](=O)[O-])cc2)o1. The summed E-state index contributed by atoms with van der Waals surface area (Å²) in [5, 5.41) is 18.5. The number of non-ortho nitro benzene ring substituents is 1. The van der Waals surface area contributed by atoms with Crippen LogP contribution in [0.5, 0.6) is 0 Å². The quantitative estimate of drug-likeness (QED) is 0.250. The summed E-state index contributed by atoms with van der Waals surface area (Å²) >= 11 is 1.40. The predicted octanol–water partition coefficient (Wildman–Crippen LogP) is 4.35. The third kappa shape index (κ3) is 4.74. The first-order valence-electron chi connectivity index (χ1n) is 8.40. The summed E-state index contributed by atoms with van der Waals surface area (Å²) in [6.45, 7) is 3.62. The molecule has 8 nitrogen and oxygen atoms in total. The lowest BCUT2D eigenvalue weighted by Gasteiger charge is -2.10. The third-order valence-corrected chi connectivity index (χ3v) is 5.01. The van der Waals surface area contributed by atoms with Crippen molar-refractivity contribution >= 4 is 23.4 Å². The smallest absolute Gasteiger partial charge is 0.317 e. The van der Waals surface area contributed by atoms with E-state index in [4.69, 9.17) is 9.15 Å². The Balaban J connectivity index is 1.59. The van der Waals surface area contributed by atoms with Crippen LogP contribution >= 0.6 is 11.8 Å². The van der Waals surface area contributed by atoms with Crippen molar-refractivity contribution in [3.05, 3.63) is 70.1 Å². The van der Waals surface area contributed by atoms with Crippen LogP contribution in [-0.2, 0) is 9.53 Å². The molecule has 0 aliphatic rings. The van der Waals surface area contributed by atoms with Gasteiger partial charge in [0, 0.05) is 22.6 Å². The van der Waals surface area contributed by atoms with E-state index in [1.807, 2.05) is 31.2 Å². The zero-order valence-corrected chi connectivity index (χ0v) is 16.0. The standard InChI is InChI=1S/C19H17N3O5S/c1-12-5-3-4-6-16(12)28-11-17(23)26-13(2)18-20-21-19(27-18)14-7-9-15(10-8-14)22(24)25/h3-10,13H,11H2,1-2H3/t13-/m0/s1. The highest BCUT2D eigenvalue weighted by Crippen LogP contribution is 2.26. The lowest BCUT2D eigenvalue weighted by Crippen LogP contribution is -2.11. The van der Waals surface area contributed by atoms with E-state index in [0.29, 0.717) is 5.56 Å². The minimum absolute atomic E-state index is 0.0306. The Morgan fingerprint density at radius 2 is 1.93 bits per heavy atom. The van der Waals surface area contributed by atoms with Gasteiger partial charge in [-0.3, -0.25) is 14.9 Å². The van der Waals surface area contributed by atoms with Gasteiger partial charge in [-0.15, -0.1) is 22.0 Å². The van der Waals surface area contributed by atoms with Gasteiger partial charge in [-0.1, -0.05) is 18.2 Å². The van der Waals surface area contributed by atoms with Gasteiger partial charge < -0.3 is 9.15 Å².